The molecule has 2 unspecified atom stereocenters. The molecule has 0 saturated heterocycles. The average molecular weight is 211 g/mol. The van der Waals surface area contributed by atoms with E-state index in [2.05, 4.69) is 9.97 Å². The van der Waals surface area contributed by atoms with Crippen LogP contribution in [0, 0.1) is 0 Å². The van der Waals surface area contributed by atoms with E-state index in [0.717, 1.165) is 0 Å². The Morgan fingerprint density at radius 2 is 2.00 bits per heavy atom. The van der Waals surface area contributed by atoms with Crippen LogP contribution < -0.4 is 5.73 Å². The van der Waals surface area contributed by atoms with Crippen molar-refractivity contribution in [1.29, 1.82) is 0 Å². The highest BCUT2D eigenvalue weighted by molar-refractivity contribution is 4.91. The van der Waals surface area contributed by atoms with Crippen molar-refractivity contribution in [3.8, 4) is 0 Å². The van der Waals surface area contributed by atoms with Gasteiger partial charge in [0.05, 0.1) is 6.61 Å². The molecule has 1 heterocycles. The maximum Gasteiger partial charge on any atom is 0.156 e. The second kappa shape index (κ2) is 6.44. The van der Waals surface area contributed by atoms with E-state index >= 15 is 0 Å². The summed E-state index contributed by atoms with van der Waals surface area (Å²) >= 11 is 0. The van der Waals surface area contributed by atoms with E-state index < -0.39 is 0 Å². The van der Waals surface area contributed by atoms with Crippen LogP contribution in [0.4, 0.5) is 0 Å². The Hall–Kier alpha value is -1.04. The van der Waals surface area contributed by atoms with Crippen LogP contribution in [-0.2, 0) is 9.47 Å². The van der Waals surface area contributed by atoms with E-state index in [1.165, 1.54) is 0 Å². The molecule has 2 N–H and O–H groups in total. The predicted octanol–water partition coefficient (Wildman–Crippen LogP) is 0.875. The van der Waals surface area contributed by atoms with Gasteiger partial charge in [-0.15, -0.1) is 0 Å². The Bertz CT molecular complexity index is 269. The van der Waals surface area contributed by atoms with E-state index in [1.54, 1.807) is 18.5 Å². The lowest BCUT2D eigenvalue weighted by Crippen LogP contribution is -2.20. The molecule has 5 heteroatoms. The number of nitrogens with two attached hydrogens (primary N) is 1. The zero-order valence-electron chi connectivity index (χ0n) is 9.09. The van der Waals surface area contributed by atoms with Gasteiger partial charge >= 0.3 is 0 Å². The van der Waals surface area contributed by atoms with Crippen LogP contribution in [-0.4, -0.2) is 29.4 Å². The maximum absolute atomic E-state index is 5.54. The molecule has 0 bridgehead atoms. The molecule has 5 nitrogen and oxygen atoms in total. The smallest absolute Gasteiger partial charge is 0.156 e. The van der Waals surface area contributed by atoms with E-state index in [1.807, 2.05) is 13.8 Å². The van der Waals surface area contributed by atoms with Crippen molar-refractivity contribution in [1.82, 2.24) is 9.97 Å². The number of nitrogens with zero attached hydrogens (tertiary/aromatic N) is 2. The molecule has 2 atom stereocenters. The number of hydrogen-bond acceptors (Lipinski definition) is 5. The van der Waals surface area contributed by atoms with E-state index in [4.69, 9.17) is 15.2 Å². The van der Waals surface area contributed by atoms with Crippen molar-refractivity contribution in [2.24, 2.45) is 5.73 Å². The minimum absolute atomic E-state index is 0.182. The third-order valence-corrected chi connectivity index (χ3v) is 1.82. The SMILES string of the molecule is CC(OCCN)OC(C)c1ncccn1. The molecule has 0 aliphatic carbocycles. The molecule has 1 aromatic rings. The minimum atomic E-state index is -0.299. The van der Waals surface area contributed by atoms with Gasteiger partial charge < -0.3 is 15.2 Å². The average Bonchev–Trinajstić information content (AvgIpc) is 2.27. The molecule has 0 amide bonds. The van der Waals surface area contributed by atoms with Crippen LogP contribution in [0.15, 0.2) is 18.5 Å². The molecule has 1 rings (SSSR count). The first-order chi connectivity index (χ1) is 7.24. The van der Waals surface area contributed by atoms with Gasteiger partial charge in [-0.2, -0.15) is 0 Å². The first-order valence-corrected chi connectivity index (χ1v) is 4.98. The van der Waals surface area contributed by atoms with Gasteiger partial charge in [0.1, 0.15) is 6.10 Å². The first-order valence-electron chi connectivity index (χ1n) is 4.98. The standard InChI is InChI=1S/C10H17N3O2/c1-8(10-12-5-3-6-13-10)15-9(2)14-7-4-11/h3,5-6,8-9H,4,7,11H2,1-2H3. The lowest BCUT2D eigenvalue weighted by Gasteiger charge is -2.18. The first kappa shape index (κ1) is 12.0. The Morgan fingerprint density at radius 3 is 2.60 bits per heavy atom. The van der Waals surface area contributed by atoms with Crippen LogP contribution in [0.2, 0.25) is 0 Å². The fraction of sp³-hybridized carbons (Fsp3) is 0.600. The van der Waals surface area contributed by atoms with Crippen molar-refractivity contribution in [2.75, 3.05) is 13.2 Å². The van der Waals surface area contributed by atoms with Crippen molar-refractivity contribution >= 4 is 0 Å². The van der Waals surface area contributed by atoms with Gasteiger partial charge in [-0.25, -0.2) is 9.97 Å². The molecule has 0 spiro atoms. The molecule has 0 radical (unpaired) electrons. The molecule has 15 heavy (non-hydrogen) atoms. The fourth-order valence-electron chi connectivity index (χ4n) is 1.14. The van der Waals surface area contributed by atoms with Crippen molar-refractivity contribution < 1.29 is 9.47 Å². The number of ether oxygens (including phenoxy) is 2. The van der Waals surface area contributed by atoms with Gasteiger partial charge in [-0.1, -0.05) is 0 Å². The van der Waals surface area contributed by atoms with E-state index in [9.17, 15) is 0 Å². The lowest BCUT2D eigenvalue weighted by molar-refractivity contribution is -0.157. The summed E-state index contributed by atoms with van der Waals surface area (Å²) < 4.78 is 10.8. The van der Waals surface area contributed by atoms with Gasteiger partial charge in [0.25, 0.3) is 0 Å². The zero-order chi connectivity index (χ0) is 11.1. The zero-order valence-corrected chi connectivity index (χ0v) is 9.09. The summed E-state index contributed by atoms with van der Waals surface area (Å²) in [6.07, 6.45) is 2.90. The normalized spacial score (nSPS) is 14.9. The highest BCUT2D eigenvalue weighted by atomic mass is 16.7. The number of hydrogen-bond donors (Lipinski definition) is 1. The van der Waals surface area contributed by atoms with Crippen LogP contribution >= 0.6 is 0 Å². The monoisotopic (exact) mass is 211 g/mol. The Labute approximate surface area is 89.6 Å². The second-order valence-electron chi connectivity index (χ2n) is 3.11. The Kier molecular flexibility index (Phi) is 5.17. The quantitative estimate of drug-likeness (QED) is 0.707. The summed E-state index contributed by atoms with van der Waals surface area (Å²) in [5.74, 6) is 0.653. The van der Waals surface area contributed by atoms with Gasteiger partial charge in [0, 0.05) is 18.9 Å². The molecule has 1 aromatic heterocycles. The van der Waals surface area contributed by atoms with Gasteiger partial charge in [-0.3, -0.25) is 0 Å². The molecule has 84 valence electrons. The number of aromatic nitrogens is 2. The van der Waals surface area contributed by atoms with Crippen molar-refractivity contribution in [3.63, 3.8) is 0 Å². The van der Waals surface area contributed by atoms with Gasteiger partial charge in [0.15, 0.2) is 12.1 Å². The molecular weight excluding hydrogens is 194 g/mol. The second-order valence-corrected chi connectivity index (χ2v) is 3.11. The summed E-state index contributed by atoms with van der Waals surface area (Å²) in [6.45, 7) is 4.69. The molecule has 0 aliphatic rings. The lowest BCUT2D eigenvalue weighted by atomic mass is 10.4. The third-order valence-electron chi connectivity index (χ3n) is 1.82. The van der Waals surface area contributed by atoms with Crippen LogP contribution in [0.3, 0.4) is 0 Å². The van der Waals surface area contributed by atoms with Crippen molar-refractivity contribution in [3.05, 3.63) is 24.3 Å². The fourth-order valence-corrected chi connectivity index (χ4v) is 1.14. The molecule has 0 fully saturated rings. The highest BCUT2D eigenvalue weighted by Gasteiger charge is 2.12. The minimum Gasteiger partial charge on any atom is -0.352 e. The highest BCUT2D eigenvalue weighted by Crippen LogP contribution is 2.13. The largest absolute Gasteiger partial charge is 0.352 e. The van der Waals surface area contributed by atoms with Crippen molar-refractivity contribution in [2.45, 2.75) is 26.2 Å². The summed E-state index contributed by atoms with van der Waals surface area (Å²) in [4.78, 5) is 8.19. The summed E-state index contributed by atoms with van der Waals surface area (Å²) in [7, 11) is 0. The molecule has 0 aliphatic heterocycles. The van der Waals surface area contributed by atoms with Crippen LogP contribution in [0.1, 0.15) is 25.8 Å². The summed E-state index contributed by atoms with van der Waals surface area (Å²) in [5.41, 5.74) is 5.31. The predicted molar refractivity (Wildman–Crippen MR) is 56.0 cm³/mol. The van der Waals surface area contributed by atoms with Gasteiger partial charge in [-0.05, 0) is 19.9 Å². The topological polar surface area (TPSA) is 70.3 Å². The summed E-state index contributed by atoms with van der Waals surface area (Å²) in [6, 6.07) is 1.77. The Morgan fingerprint density at radius 1 is 1.33 bits per heavy atom. The van der Waals surface area contributed by atoms with E-state index in [-0.39, 0.29) is 12.4 Å². The van der Waals surface area contributed by atoms with E-state index in [0.29, 0.717) is 19.0 Å². The number of rotatable bonds is 6. The molecule has 0 saturated carbocycles. The Balaban J connectivity index is 2.38. The molecular formula is C10H17N3O2. The third kappa shape index (κ3) is 4.33. The molecule has 0 aromatic carbocycles. The van der Waals surface area contributed by atoms with Crippen LogP contribution in [0.25, 0.3) is 0 Å². The summed E-state index contributed by atoms with van der Waals surface area (Å²) in [5, 5.41) is 0. The van der Waals surface area contributed by atoms with Crippen LogP contribution in [0.5, 0.6) is 0 Å². The van der Waals surface area contributed by atoms with Gasteiger partial charge in [0.2, 0.25) is 0 Å². The maximum atomic E-state index is 5.54.